The summed E-state index contributed by atoms with van der Waals surface area (Å²) in [6.07, 6.45) is 11.5. The van der Waals surface area contributed by atoms with Gasteiger partial charge in [0.05, 0.1) is 11.2 Å². The van der Waals surface area contributed by atoms with Crippen LogP contribution < -0.4 is 10.9 Å². The number of rotatable bonds is 5. The summed E-state index contributed by atoms with van der Waals surface area (Å²) in [5, 5.41) is 7.47. The van der Waals surface area contributed by atoms with Crippen LogP contribution >= 0.6 is 11.6 Å². The van der Waals surface area contributed by atoms with Crippen molar-refractivity contribution in [2.75, 3.05) is 11.9 Å². The van der Waals surface area contributed by atoms with Crippen LogP contribution in [0, 0.1) is 17.8 Å². The summed E-state index contributed by atoms with van der Waals surface area (Å²) in [6, 6.07) is 0. The Labute approximate surface area is 118 Å². The minimum Gasteiger partial charge on any atom is -0.379 e. The molecule has 0 unspecified atom stereocenters. The van der Waals surface area contributed by atoms with E-state index in [0.717, 1.165) is 13.0 Å². The van der Waals surface area contributed by atoms with E-state index in [1.807, 2.05) is 0 Å². The summed E-state index contributed by atoms with van der Waals surface area (Å²) >= 11 is 6.04. The van der Waals surface area contributed by atoms with Crippen molar-refractivity contribution < 1.29 is 0 Å². The van der Waals surface area contributed by atoms with Gasteiger partial charge in [0.25, 0.3) is 5.56 Å². The van der Waals surface area contributed by atoms with Crippen LogP contribution in [-0.2, 0) is 6.54 Å². The van der Waals surface area contributed by atoms with Crippen LogP contribution in [0.25, 0.3) is 0 Å². The van der Waals surface area contributed by atoms with E-state index in [0.29, 0.717) is 16.1 Å². The zero-order valence-corrected chi connectivity index (χ0v) is 11.8. The van der Waals surface area contributed by atoms with Crippen LogP contribution in [0.15, 0.2) is 11.0 Å². The molecule has 0 aliphatic heterocycles. The lowest BCUT2D eigenvalue weighted by Gasteiger charge is -2.41. The number of hydrogen-bond donors (Lipinski definition) is 1. The van der Waals surface area contributed by atoms with E-state index in [9.17, 15) is 4.79 Å². The Kier molecular flexibility index (Phi) is 4.16. The zero-order valence-electron chi connectivity index (χ0n) is 11.1. The van der Waals surface area contributed by atoms with Crippen molar-refractivity contribution >= 4 is 17.3 Å². The molecule has 1 aliphatic rings. The van der Waals surface area contributed by atoms with Crippen molar-refractivity contribution in [3.8, 4) is 12.3 Å². The number of halogens is 1. The van der Waals surface area contributed by atoms with Crippen molar-refractivity contribution in [1.82, 2.24) is 9.78 Å². The highest BCUT2D eigenvalue weighted by molar-refractivity contribution is 6.32. The molecule has 0 spiro atoms. The van der Waals surface area contributed by atoms with Crippen LogP contribution in [0.3, 0.4) is 0 Å². The van der Waals surface area contributed by atoms with E-state index < -0.39 is 0 Å². The first kappa shape index (κ1) is 14.0. The first-order chi connectivity index (χ1) is 9.12. The number of aromatic nitrogens is 2. The lowest BCUT2D eigenvalue weighted by molar-refractivity contribution is 0.145. The molecule has 0 radical (unpaired) electrons. The molecule has 1 fully saturated rings. The van der Waals surface area contributed by atoms with Gasteiger partial charge in [-0.1, -0.05) is 30.9 Å². The van der Waals surface area contributed by atoms with Crippen LogP contribution in [0.1, 0.15) is 32.6 Å². The second-order valence-electron chi connectivity index (χ2n) is 5.10. The topological polar surface area (TPSA) is 46.9 Å². The summed E-state index contributed by atoms with van der Waals surface area (Å²) in [5.74, 6) is 2.41. The Morgan fingerprint density at radius 1 is 1.63 bits per heavy atom. The molecule has 1 aromatic heterocycles. The average Bonchev–Trinajstić information content (AvgIpc) is 2.35. The van der Waals surface area contributed by atoms with Crippen LogP contribution in [0.5, 0.6) is 0 Å². The molecule has 19 heavy (non-hydrogen) atoms. The summed E-state index contributed by atoms with van der Waals surface area (Å²) in [7, 11) is 0. The lowest BCUT2D eigenvalue weighted by Crippen LogP contribution is -2.37. The Balaban J connectivity index is 2.18. The molecule has 0 aromatic carbocycles. The number of anilines is 1. The minimum atomic E-state index is -0.254. The maximum absolute atomic E-state index is 12.1. The number of terminal acetylenes is 1. The van der Waals surface area contributed by atoms with Gasteiger partial charge in [0.15, 0.2) is 0 Å². The predicted octanol–water partition coefficient (Wildman–Crippen LogP) is 2.52. The second-order valence-corrected chi connectivity index (χ2v) is 5.50. The Hall–Kier alpha value is -1.47. The summed E-state index contributed by atoms with van der Waals surface area (Å²) in [5.41, 5.74) is 0.471. The SMILES string of the molecule is C#CCn1ncc(Cl)c(NCC2(CC)CCC2)c1=O. The molecule has 1 heterocycles. The lowest BCUT2D eigenvalue weighted by atomic mass is 9.67. The fraction of sp³-hybridized carbons (Fsp3) is 0.571. The fourth-order valence-electron chi connectivity index (χ4n) is 2.44. The first-order valence-corrected chi connectivity index (χ1v) is 6.92. The van der Waals surface area contributed by atoms with Crippen molar-refractivity contribution in [1.29, 1.82) is 0 Å². The number of nitrogens with zero attached hydrogens (tertiary/aromatic N) is 2. The highest BCUT2D eigenvalue weighted by atomic mass is 35.5. The minimum absolute atomic E-state index is 0.156. The third-order valence-corrected chi connectivity index (χ3v) is 4.33. The monoisotopic (exact) mass is 279 g/mol. The molecule has 0 amide bonds. The van der Waals surface area contributed by atoms with E-state index in [1.54, 1.807) is 0 Å². The average molecular weight is 280 g/mol. The number of nitrogens with one attached hydrogen (secondary N) is 1. The van der Waals surface area contributed by atoms with Gasteiger partial charge < -0.3 is 5.32 Å². The molecule has 0 bridgehead atoms. The maximum Gasteiger partial charge on any atom is 0.292 e. The van der Waals surface area contributed by atoms with Crippen molar-refractivity contribution in [2.24, 2.45) is 5.41 Å². The molecule has 1 aliphatic carbocycles. The molecule has 4 nitrogen and oxygen atoms in total. The molecule has 1 aromatic rings. The molecule has 0 atom stereocenters. The Morgan fingerprint density at radius 2 is 2.37 bits per heavy atom. The van der Waals surface area contributed by atoms with Crippen LogP contribution in [-0.4, -0.2) is 16.3 Å². The third-order valence-electron chi connectivity index (χ3n) is 4.04. The van der Waals surface area contributed by atoms with E-state index >= 15 is 0 Å². The van der Waals surface area contributed by atoms with Gasteiger partial charge in [0, 0.05) is 6.54 Å². The molecular weight excluding hydrogens is 262 g/mol. The quantitative estimate of drug-likeness (QED) is 0.843. The van der Waals surface area contributed by atoms with Gasteiger partial charge in [-0.3, -0.25) is 4.79 Å². The normalized spacial score (nSPS) is 16.5. The molecule has 102 valence electrons. The van der Waals surface area contributed by atoms with E-state index in [-0.39, 0.29) is 12.1 Å². The summed E-state index contributed by atoms with van der Waals surface area (Å²) in [6.45, 7) is 3.12. The molecule has 1 saturated carbocycles. The fourth-order valence-corrected chi connectivity index (χ4v) is 2.63. The van der Waals surface area contributed by atoms with Gasteiger partial charge in [0.2, 0.25) is 0 Å². The van der Waals surface area contributed by atoms with Gasteiger partial charge in [-0.2, -0.15) is 5.10 Å². The molecular formula is C14H18ClN3O. The highest BCUT2D eigenvalue weighted by Crippen LogP contribution is 2.43. The third kappa shape index (κ3) is 2.76. The second kappa shape index (κ2) is 5.66. The van der Waals surface area contributed by atoms with E-state index in [1.165, 1.54) is 30.1 Å². The first-order valence-electron chi connectivity index (χ1n) is 6.55. The smallest absolute Gasteiger partial charge is 0.292 e. The Morgan fingerprint density at radius 3 is 2.89 bits per heavy atom. The van der Waals surface area contributed by atoms with Gasteiger partial charge in [-0.15, -0.1) is 6.42 Å². The zero-order chi connectivity index (χ0) is 13.9. The molecule has 2 rings (SSSR count). The number of hydrogen-bond acceptors (Lipinski definition) is 3. The maximum atomic E-state index is 12.1. The largest absolute Gasteiger partial charge is 0.379 e. The summed E-state index contributed by atoms with van der Waals surface area (Å²) < 4.78 is 1.24. The van der Waals surface area contributed by atoms with Crippen molar-refractivity contribution in [3.05, 3.63) is 21.6 Å². The standard InChI is InChI=1S/C14H18ClN3O/c1-3-8-18-13(19)12(11(15)9-17-18)16-10-14(4-2)6-5-7-14/h1,9,16H,4-8,10H2,2H3. The molecule has 5 heteroatoms. The summed E-state index contributed by atoms with van der Waals surface area (Å²) in [4.78, 5) is 12.1. The van der Waals surface area contributed by atoms with Gasteiger partial charge in [0.1, 0.15) is 12.2 Å². The van der Waals surface area contributed by atoms with E-state index in [4.69, 9.17) is 18.0 Å². The highest BCUT2D eigenvalue weighted by Gasteiger charge is 2.35. The Bertz CT molecular complexity index is 549. The molecule has 0 saturated heterocycles. The van der Waals surface area contributed by atoms with E-state index in [2.05, 4.69) is 23.3 Å². The van der Waals surface area contributed by atoms with Crippen molar-refractivity contribution in [2.45, 2.75) is 39.2 Å². The van der Waals surface area contributed by atoms with Gasteiger partial charge >= 0.3 is 0 Å². The van der Waals surface area contributed by atoms with Crippen LogP contribution in [0.2, 0.25) is 5.02 Å². The van der Waals surface area contributed by atoms with Gasteiger partial charge in [-0.05, 0) is 24.7 Å². The van der Waals surface area contributed by atoms with Crippen molar-refractivity contribution in [3.63, 3.8) is 0 Å². The van der Waals surface area contributed by atoms with Crippen LogP contribution in [0.4, 0.5) is 5.69 Å². The van der Waals surface area contributed by atoms with Gasteiger partial charge in [-0.25, -0.2) is 4.68 Å². The molecule has 1 N–H and O–H groups in total. The predicted molar refractivity (Wildman–Crippen MR) is 77.4 cm³/mol.